The van der Waals surface area contributed by atoms with Crippen molar-refractivity contribution in [2.24, 2.45) is 5.92 Å². The minimum Gasteiger partial charge on any atom is -0.388 e. The Bertz CT molecular complexity index is 403. The largest absolute Gasteiger partial charge is 0.388 e. The van der Waals surface area contributed by atoms with Crippen LogP contribution in [0.25, 0.3) is 0 Å². The van der Waals surface area contributed by atoms with Gasteiger partial charge in [-0.1, -0.05) is 43.2 Å². The van der Waals surface area contributed by atoms with Crippen LogP contribution in [-0.2, 0) is 4.74 Å². The topological polar surface area (TPSA) is 32.7 Å². The van der Waals surface area contributed by atoms with Gasteiger partial charge in [0.15, 0.2) is 0 Å². The molecule has 0 aromatic heterocycles. The molecule has 1 aliphatic heterocycles. The molecule has 3 nitrogen and oxygen atoms in total. The second kappa shape index (κ2) is 6.70. The number of aliphatic hydroxyl groups excluding tert-OH is 1. The molecule has 3 heteroatoms. The third-order valence-electron chi connectivity index (χ3n) is 4.84. The molecule has 1 N–H and O–H groups in total. The van der Waals surface area contributed by atoms with Gasteiger partial charge in [0.1, 0.15) is 0 Å². The molecule has 1 saturated carbocycles. The first-order valence-electron chi connectivity index (χ1n) is 7.91. The van der Waals surface area contributed by atoms with E-state index in [1.807, 2.05) is 18.2 Å². The number of ether oxygens (including phenoxy) is 1. The summed E-state index contributed by atoms with van der Waals surface area (Å²) in [6.07, 6.45) is 4.56. The summed E-state index contributed by atoms with van der Waals surface area (Å²) in [5.74, 6) is 0.365. The van der Waals surface area contributed by atoms with E-state index in [-0.39, 0.29) is 6.10 Å². The Morgan fingerprint density at radius 2 is 1.75 bits per heavy atom. The number of benzene rings is 1. The van der Waals surface area contributed by atoms with E-state index >= 15 is 0 Å². The molecule has 0 spiro atoms. The molecular weight excluding hydrogens is 250 g/mol. The van der Waals surface area contributed by atoms with Crippen molar-refractivity contribution in [3.63, 3.8) is 0 Å². The molecule has 2 fully saturated rings. The molecule has 1 aliphatic carbocycles. The van der Waals surface area contributed by atoms with Crippen LogP contribution in [0, 0.1) is 5.92 Å². The first-order valence-corrected chi connectivity index (χ1v) is 7.91. The van der Waals surface area contributed by atoms with Gasteiger partial charge in [-0.25, -0.2) is 0 Å². The molecule has 1 aromatic carbocycles. The monoisotopic (exact) mass is 275 g/mol. The molecule has 2 aliphatic rings. The van der Waals surface area contributed by atoms with Crippen molar-refractivity contribution in [1.82, 2.24) is 4.90 Å². The third-order valence-corrected chi connectivity index (χ3v) is 4.84. The van der Waals surface area contributed by atoms with E-state index in [9.17, 15) is 5.11 Å². The van der Waals surface area contributed by atoms with Crippen LogP contribution in [0.3, 0.4) is 0 Å². The maximum Gasteiger partial charge on any atom is 0.0833 e. The quantitative estimate of drug-likeness (QED) is 0.920. The summed E-state index contributed by atoms with van der Waals surface area (Å²) in [7, 11) is 0. The highest BCUT2D eigenvalue weighted by Crippen LogP contribution is 2.37. The number of aliphatic hydroxyl groups is 1. The zero-order chi connectivity index (χ0) is 13.8. The smallest absolute Gasteiger partial charge is 0.0833 e. The van der Waals surface area contributed by atoms with Crippen molar-refractivity contribution in [3.05, 3.63) is 35.9 Å². The van der Waals surface area contributed by atoms with E-state index < -0.39 is 0 Å². The second-order valence-electron chi connectivity index (χ2n) is 6.02. The minimum atomic E-state index is -0.329. The first-order chi connectivity index (χ1) is 9.86. The van der Waals surface area contributed by atoms with Gasteiger partial charge in [-0.05, 0) is 18.4 Å². The summed E-state index contributed by atoms with van der Waals surface area (Å²) < 4.78 is 5.47. The molecule has 20 heavy (non-hydrogen) atoms. The normalized spacial score (nSPS) is 30.1. The number of hydrogen-bond acceptors (Lipinski definition) is 3. The maximum absolute atomic E-state index is 10.8. The molecule has 3 rings (SSSR count). The minimum absolute atomic E-state index is 0.329. The Kier molecular flexibility index (Phi) is 4.71. The van der Waals surface area contributed by atoms with E-state index in [2.05, 4.69) is 17.0 Å². The molecule has 1 saturated heterocycles. The van der Waals surface area contributed by atoms with Gasteiger partial charge in [0.2, 0.25) is 0 Å². The first kappa shape index (κ1) is 14.1. The lowest BCUT2D eigenvalue weighted by Gasteiger charge is -2.43. The van der Waals surface area contributed by atoms with Crippen LogP contribution in [0.2, 0.25) is 0 Å². The predicted octanol–water partition coefficient (Wildman–Crippen LogP) is 2.61. The van der Waals surface area contributed by atoms with Gasteiger partial charge < -0.3 is 9.84 Å². The van der Waals surface area contributed by atoms with Crippen LogP contribution >= 0.6 is 0 Å². The molecule has 0 radical (unpaired) electrons. The Morgan fingerprint density at radius 3 is 2.50 bits per heavy atom. The van der Waals surface area contributed by atoms with Crippen LogP contribution in [0.5, 0.6) is 0 Å². The van der Waals surface area contributed by atoms with Crippen molar-refractivity contribution in [2.75, 3.05) is 26.3 Å². The van der Waals surface area contributed by atoms with Crippen LogP contribution in [-0.4, -0.2) is 42.4 Å². The summed E-state index contributed by atoms with van der Waals surface area (Å²) in [5, 5.41) is 10.8. The summed E-state index contributed by atoms with van der Waals surface area (Å²) >= 11 is 0. The van der Waals surface area contributed by atoms with Gasteiger partial charge in [0.05, 0.1) is 19.3 Å². The fourth-order valence-corrected chi connectivity index (χ4v) is 3.77. The standard InChI is InChI=1S/C17H25NO2/c19-17(14-6-2-1-3-7-14)15-8-4-5-9-16(15)18-10-12-20-13-11-18/h1-3,6-7,15-17,19H,4-5,8-13H2/t15-,16-,17-/m1/s1. The SMILES string of the molecule is O[C@H](c1ccccc1)[C@@H]1CCCC[C@H]1N1CCOCC1. The van der Waals surface area contributed by atoms with Gasteiger partial charge >= 0.3 is 0 Å². The van der Waals surface area contributed by atoms with Crippen LogP contribution in [0.1, 0.15) is 37.4 Å². The molecule has 0 amide bonds. The number of nitrogens with zero attached hydrogens (tertiary/aromatic N) is 1. The third kappa shape index (κ3) is 3.05. The molecule has 110 valence electrons. The molecular formula is C17H25NO2. The van der Waals surface area contributed by atoms with E-state index in [4.69, 9.17) is 4.74 Å². The zero-order valence-electron chi connectivity index (χ0n) is 12.1. The van der Waals surface area contributed by atoms with Crippen molar-refractivity contribution in [3.8, 4) is 0 Å². The zero-order valence-corrected chi connectivity index (χ0v) is 12.1. The maximum atomic E-state index is 10.8. The highest BCUT2D eigenvalue weighted by Gasteiger charge is 2.35. The van der Waals surface area contributed by atoms with Gasteiger partial charge in [-0.3, -0.25) is 4.90 Å². The number of hydrogen-bond donors (Lipinski definition) is 1. The van der Waals surface area contributed by atoms with Crippen molar-refractivity contribution in [2.45, 2.75) is 37.8 Å². The van der Waals surface area contributed by atoms with Gasteiger partial charge in [0, 0.05) is 25.0 Å². The fourth-order valence-electron chi connectivity index (χ4n) is 3.77. The highest BCUT2D eigenvalue weighted by molar-refractivity contribution is 5.18. The van der Waals surface area contributed by atoms with Crippen molar-refractivity contribution in [1.29, 1.82) is 0 Å². The fraction of sp³-hybridized carbons (Fsp3) is 0.647. The Hall–Kier alpha value is -0.900. The number of rotatable bonds is 3. The average Bonchev–Trinajstić information content (AvgIpc) is 2.56. The number of morpholine rings is 1. The lowest BCUT2D eigenvalue weighted by Crippen LogP contribution is -2.49. The Labute approximate surface area is 121 Å². The van der Waals surface area contributed by atoms with E-state index in [0.717, 1.165) is 38.3 Å². The Balaban J connectivity index is 1.74. The van der Waals surface area contributed by atoms with Gasteiger partial charge in [-0.2, -0.15) is 0 Å². The van der Waals surface area contributed by atoms with Gasteiger partial charge in [0.25, 0.3) is 0 Å². The Morgan fingerprint density at radius 1 is 1.05 bits per heavy atom. The molecule has 0 bridgehead atoms. The lowest BCUT2D eigenvalue weighted by molar-refractivity contribution is -0.0372. The second-order valence-corrected chi connectivity index (χ2v) is 6.02. The van der Waals surface area contributed by atoms with E-state index in [1.54, 1.807) is 0 Å². The average molecular weight is 275 g/mol. The molecule has 1 heterocycles. The van der Waals surface area contributed by atoms with Crippen molar-refractivity contribution < 1.29 is 9.84 Å². The van der Waals surface area contributed by atoms with E-state index in [1.165, 1.54) is 19.3 Å². The summed E-state index contributed by atoms with van der Waals surface area (Å²) in [6, 6.07) is 10.7. The summed E-state index contributed by atoms with van der Waals surface area (Å²) in [5.41, 5.74) is 1.07. The summed E-state index contributed by atoms with van der Waals surface area (Å²) in [6.45, 7) is 3.71. The molecule has 1 aromatic rings. The van der Waals surface area contributed by atoms with Crippen LogP contribution in [0.4, 0.5) is 0 Å². The predicted molar refractivity (Wildman–Crippen MR) is 79.5 cm³/mol. The molecule has 3 atom stereocenters. The van der Waals surface area contributed by atoms with Crippen molar-refractivity contribution >= 4 is 0 Å². The highest BCUT2D eigenvalue weighted by atomic mass is 16.5. The van der Waals surface area contributed by atoms with Crippen LogP contribution in [0.15, 0.2) is 30.3 Å². The van der Waals surface area contributed by atoms with Crippen LogP contribution < -0.4 is 0 Å². The lowest BCUT2D eigenvalue weighted by atomic mass is 9.78. The van der Waals surface area contributed by atoms with Gasteiger partial charge in [-0.15, -0.1) is 0 Å². The molecule has 0 unspecified atom stereocenters. The summed E-state index contributed by atoms with van der Waals surface area (Å²) in [4.78, 5) is 2.54. The van der Waals surface area contributed by atoms with E-state index in [0.29, 0.717) is 12.0 Å².